The van der Waals surface area contributed by atoms with Gasteiger partial charge in [-0.2, -0.15) is 20.2 Å². The van der Waals surface area contributed by atoms with E-state index in [0.717, 1.165) is 99.0 Å². The van der Waals surface area contributed by atoms with Crippen molar-refractivity contribution in [3.8, 4) is 34.0 Å². The number of benzene rings is 4. The molecule has 5 aliphatic rings. The monoisotopic (exact) mass is 1140 g/mol. The molecule has 4 fully saturated rings. The molecule has 7 aromatic rings. The van der Waals surface area contributed by atoms with Crippen molar-refractivity contribution in [1.82, 2.24) is 45.7 Å². The van der Waals surface area contributed by atoms with Crippen LogP contribution >= 0.6 is 34.8 Å². The van der Waals surface area contributed by atoms with Crippen molar-refractivity contribution >= 4 is 74.2 Å². The lowest BCUT2D eigenvalue weighted by Gasteiger charge is -2.34. The Labute approximate surface area is 478 Å². The smallest absolute Gasteiger partial charge is 0.319 e. The van der Waals surface area contributed by atoms with Gasteiger partial charge in [0.05, 0.1) is 47.1 Å². The van der Waals surface area contributed by atoms with Crippen LogP contribution in [0.5, 0.6) is 11.8 Å². The van der Waals surface area contributed by atoms with Gasteiger partial charge in [0.1, 0.15) is 47.8 Å². The fourth-order valence-corrected chi connectivity index (χ4v) is 12.6. The minimum absolute atomic E-state index is 0.146. The molecule has 18 nitrogen and oxygen atoms in total. The Morgan fingerprint density at radius 1 is 0.938 bits per heavy atom. The number of halogens is 3. The molecule has 12 rings (SSSR count). The number of H-pyrrole nitrogens is 1. The first-order valence-electron chi connectivity index (χ1n) is 27.5. The Kier molecular flexibility index (Phi) is 15.3. The van der Waals surface area contributed by atoms with Crippen molar-refractivity contribution in [3.05, 3.63) is 123 Å². The van der Waals surface area contributed by atoms with E-state index in [4.69, 9.17) is 64.1 Å². The van der Waals surface area contributed by atoms with Crippen LogP contribution in [0.1, 0.15) is 93.1 Å². The van der Waals surface area contributed by atoms with Gasteiger partial charge in [-0.25, -0.2) is 4.98 Å². The highest BCUT2D eigenvalue weighted by Crippen LogP contribution is 2.55. The quantitative estimate of drug-likeness (QED) is 0.0557. The highest BCUT2D eigenvalue weighted by atomic mass is 35.5. The van der Waals surface area contributed by atoms with E-state index in [-0.39, 0.29) is 67.7 Å². The number of ether oxygens (including phenoxy) is 3. The number of fused-ring (bicyclic) bond motifs is 4. The van der Waals surface area contributed by atoms with Gasteiger partial charge in [0.25, 0.3) is 0 Å². The highest BCUT2D eigenvalue weighted by molar-refractivity contribution is 6.45. The van der Waals surface area contributed by atoms with Crippen LogP contribution in [0.4, 0.5) is 5.82 Å². The fourth-order valence-electron chi connectivity index (χ4n) is 11.9. The summed E-state index contributed by atoms with van der Waals surface area (Å²) in [5, 5.41) is 38.5. The molecular formula is C59H63Cl3N12O6. The van der Waals surface area contributed by atoms with Crippen LogP contribution in [-0.4, -0.2) is 129 Å². The number of likely N-dealkylation sites (tertiary alicyclic amines) is 1. The number of rotatable bonds is 19. The summed E-state index contributed by atoms with van der Waals surface area (Å²) in [6.07, 6.45) is 7.41. The van der Waals surface area contributed by atoms with Crippen molar-refractivity contribution in [1.29, 1.82) is 0 Å². The maximum atomic E-state index is 14.6. The van der Waals surface area contributed by atoms with E-state index in [1.807, 2.05) is 81.4 Å². The third-order valence-corrected chi connectivity index (χ3v) is 17.4. The number of anilines is 1. The largest absolute Gasteiger partial charge is 0.486 e. The molecule has 4 aliphatic heterocycles. The zero-order valence-electron chi connectivity index (χ0n) is 44.9. The molecule has 7 heterocycles. The number of nitrogens with zero attached hydrogens (tertiary/aromatic N) is 9. The molecule has 0 spiro atoms. The van der Waals surface area contributed by atoms with Crippen molar-refractivity contribution in [3.63, 3.8) is 0 Å². The average molecular weight is 1140 g/mol. The molecule has 21 heteroatoms. The molecule has 6 unspecified atom stereocenters. The maximum Gasteiger partial charge on any atom is 0.319 e. The predicted octanol–water partition coefficient (Wildman–Crippen LogP) is 10.2. The third kappa shape index (κ3) is 10.5. The number of amides is 2. The number of carbonyl (C=O) groups excluding carboxylic acids is 2. The number of aliphatic hydroxyl groups excluding tert-OH is 1. The second kappa shape index (κ2) is 22.7. The molecule has 0 radical (unpaired) electrons. The standard InChI is InChI=1S/C59H63Cl3N12O6/c1-31(2)53(58(77)72-20-6-8-48(72)57(76)66-47(28-75)37-17-15-34(16-18-37)40-7-5-19-63-55(40)62)74-27-46(70-71-74)36-11-9-33(10-12-36)30-79-54-50(49-43-25-65-69-45(43)23-44(60)51(49)61)41(35-13-14-35)22-42-52(54)67-59(80-29-32(3)78-4)68-56(42)73-26-38-21-39(73)24-64-38/h5,7,9-12,15-19,22-23,25,31-32,35,38-39,46-48,53,64,75H,6,8,13-14,20-21,24,26-30H2,1-4H3,(H,65,69)(H,66,76)/t32-,38?,39?,46?,47?,48?,53?/m0/s1. The van der Waals surface area contributed by atoms with Crippen molar-refractivity contribution in [2.45, 2.75) is 108 Å². The molecule has 4 N–H and O–H groups in total. The summed E-state index contributed by atoms with van der Waals surface area (Å²) >= 11 is 20.5. The topological polar surface area (TPSA) is 208 Å². The van der Waals surface area contributed by atoms with E-state index in [1.165, 1.54) is 0 Å². The number of nitrogens with one attached hydrogen (secondary N) is 3. The van der Waals surface area contributed by atoms with Gasteiger partial charge in [0.15, 0.2) is 5.75 Å². The second-order valence-corrected chi connectivity index (χ2v) is 23.2. The lowest BCUT2D eigenvalue weighted by Crippen LogP contribution is -2.54. The fraction of sp³-hybridized carbons (Fsp3) is 0.424. The number of aromatic nitrogens is 5. The Bertz CT molecular complexity index is 3490. The number of hydrogen-bond donors (Lipinski definition) is 4. The summed E-state index contributed by atoms with van der Waals surface area (Å²) in [4.78, 5) is 47.1. The molecule has 80 heavy (non-hydrogen) atoms. The van der Waals surface area contributed by atoms with Crippen LogP contribution in [0.15, 0.2) is 95.5 Å². The predicted molar refractivity (Wildman–Crippen MR) is 307 cm³/mol. The van der Waals surface area contributed by atoms with E-state index in [0.29, 0.717) is 58.4 Å². The number of hydrogen-bond acceptors (Lipinski definition) is 15. The lowest BCUT2D eigenvalue weighted by atomic mass is 9.91. The molecule has 7 atom stereocenters. The SMILES string of the molecule is CO[C@@H](C)COc1nc(N2CC3CC2CN3)c2cc(C3CC3)c(-c3c(Cl)c(Cl)cc4[nH]ncc34)c(OCc3ccc(C4CN(C(C(=O)N5CCCC5C(=O)NC(CO)c5ccc(-c6cccnc6Cl)cc5)C(C)C)N=N4)cc3)c2n1. The lowest BCUT2D eigenvalue weighted by molar-refractivity contribution is -0.144. The Morgan fingerprint density at radius 2 is 1.75 bits per heavy atom. The maximum absolute atomic E-state index is 14.6. The van der Waals surface area contributed by atoms with E-state index in [1.54, 1.807) is 35.5 Å². The summed E-state index contributed by atoms with van der Waals surface area (Å²) in [6, 6.07) is 21.8. The van der Waals surface area contributed by atoms with Gasteiger partial charge in [-0.05, 0) is 103 Å². The Hall–Kier alpha value is -6.67. The van der Waals surface area contributed by atoms with Crippen LogP contribution in [0.25, 0.3) is 44.1 Å². The summed E-state index contributed by atoms with van der Waals surface area (Å²) in [5.74, 6) is 0.955. The molecule has 2 bridgehead atoms. The Balaban J connectivity index is 0.789. The average Bonchev–Trinajstić information content (AvgIpc) is 4.10. The minimum Gasteiger partial charge on any atom is -0.486 e. The van der Waals surface area contributed by atoms with Crippen LogP contribution in [0.2, 0.25) is 15.2 Å². The molecule has 416 valence electrons. The van der Waals surface area contributed by atoms with Crippen LogP contribution in [0.3, 0.4) is 0 Å². The van der Waals surface area contributed by atoms with Gasteiger partial charge in [-0.3, -0.25) is 19.7 Å². The van der Waals surface area contributed by atoms with Crippen LogP contribution < -0.4 is 25.0 Å². The van der Waals surface area contributed by atoms with Gasteiger partial charge in [0.2, 0.25) is 11.8 Å². The molecule has 1 saturated carbocycles. The third-order valence-electron chi connectivity index (χ3n) is 16.4. The summed E-state index contributed by atoms with van der Waals surface area (Å²) in [7, 11) is 1.65. The highest BCUT2D eigenvalue weighted by Gasteiger charge is 2.44. The van der Waals surface area contributed by atoms with Crippen molar-refractivity contribution in [2.24, 2.45) is 16.3 Å². The van der Waals surface area contributed by atoms with Gasteiger partial charge >= 0.3 is 6.01 Å². The van der Waals surface area contributed by atoms with E-state index in [2.05, 4.69) is 42.0 Å². The van der Waals surface area contributed by atoms with Gasteiger partial charge in [-0.15, -0.1) is 0 Å². The number of methoxy groups -OCH3 is 1. The number of pyridine rings is 1. The minimum atomic E-state index is -0.705. The number of aliphatic hydroxyl groups is 1. The van der Waals surface area contributed by atoms with E-state index < -0.39 is 18.1 Å². The summed E-state index contributed by atoms with van der Waals surface area (Å²) < 4.78 is 19.0. The molecule has 1 aliphatic carbocycles. The van der Waals surface area contributed by atoms with Crippen LogP contribution in [0, 0.1) is 5.92 Å². The van der Waals surface area contributed by atoms with Crippen LogP contribution in [-0.2, 0) is 20.9 Å². The second-order valence-electron chi connectivity index (χ2n) is 22.0. The molecule has 3 saturated heterocycles. The van der Waals surface area contributed by atoms with Crippen molar-refractivity contribution in [2.75, 3.05) is 51.4 Å². The zero-order valence-corrected chi connectivity index (χ0v) is 47.2. The molecular weight excluding hydrogens is 1080 g/mol. The van der Waals surface area contributed by atoms with Crippen molar-refractivity contribution < 1.29 is 28.9 Å². The zero-order chi connectivity index (χ0) is 55.3. The molecule has 2 amide bonds. The molecule has 4 aromatic carbocycles. The van der Waals surface area contributed by atoms with E-state index in [9.17, 15) is 14.7 Å². The first-order valence-corrected chi connectivity index (χ1v) is 28.7. The van der Waals surface area contributed by atoms with Gasteiger partial charge < -0.3 is 39.8 Å². The Morgan fingerprint density at radius 3 is 2.46 bits per heavy atom. The number of carbonyl (C=O) groups is 2. The summed E-state index contributed by atoms with van der Waals surface area (Å²) in [5.41, 5.74) is 8.14. The molecule has 3 aromatic heterocycles. The first kappa shape index (κ1) is 53.9. The van der Waals surface area contributed by atoms with E-state index >= 15 is 0 Å². The van der Waals surface area contributed by atoms with Gasteiger partial charge in [0, 0.05) is 72.5 Å². The summed E-state index contributed by atoms with van der Waals surface area (Å²) in [6.45, 7) is 8.49. The number of piperazine rings is 1. The number of aromatic amines is 1. The van der Waals surface area contributed by atoms with Gasteiger partial charge in [-0.1, -0.05) is 102 Å². The normalized spacial score (nSPS) is 20.8. The first-order chi connectivity index (χ1) is 38.8.